The highest BCUT2D eigenvalue weighted by Crippen LogP contribution is 2.29. The maximum absolute atomic E-state index is 12.4. The maximum Gasteiger partial charge on any atom is 0.214 e. The van der Waals surface area contributed by atoms with Gasteiger partial charge in [0.1, 0.15) is 0 Å². The van der Waals surface area contributed by atoms with Crippen LogP contribution in [0.5, 0.6) is 0 Å². The molecule has 0 amide bonds. The average molecular weight is 276 g/mol. The Bertz CT molecular complexity index is 342. The third-order valence-corrected chi connectivity index (χ3v) is 5.45. The van der Waals surface area contributed by atoms with Crippen LogP contribution in [0.4, 0.5) is 0 Å². The molecular formula is C13H28N2O2S. The van der Waals surface area contributed by atoms with Crippen molar-refractivity contribution in [2.24, 2.45) is 11.1 Å². The number of sulfonamides is 1. The van der Waals surface area contributed by atoms with Crippen LogP contribution in [0.2, 0.25) is 0 Å². The Hall–Kier alpha value is -0.130. The van der Waals surface area contributed by atoms with E-state index < -0.39 is 10.0 Å². The minimum Gasteiger partial charge on any atom is -0.330 e. The van der Waals surface area contributed by atoms with Crippen LogP contribution in [0.15, 0.2) is 0 Å². The molecule has 1 rings (SSSR count). The molecule has 0 aromatic rings. The van der Waals surface area contributed by atoms with Gasteiger partial charge in [-0.25, -0.2) is 8.42 Å². The lowest BCUT2D eigenvalue weighted by Crippen LogP contribution is -2.46. The SMILES string of the molecule is CC(C)(C)CCS(=O)(=O)N(CCCN)C1CCC1. The second-order valence-corrected chi connectivity index (χ2v) is 8.51. The van der Waals surface area contributed by atoms with Gasteiger partial charge in [-0.2, -0.15) is 4.31 Å². The summed E-state index contributed by atoms with van der Waals surface area (Å²) < 4.78 is 26.5. The van der Waals surface area contributed by atoms with Gasteiger partial charge in [-0.15, -0.1) is 0 Å². The summed E-state index contributed by atoms with van der Waals surface area (Å²) in [5.74, 6) is 0.261. The Labute approximate surface area is 112 Å². The van der Waals surface area contributed by atoms with Crippen molar-refractivity contribution in [2.45, 2.75) is 58.9 Å². The zero-order chi connectivity index (χ0) is 13.8. The molecule has 1 aliphatic carbocycles. The van der Waals surface area contributed by atoms with E-state index in [2.05, 4.69) is 20.8 Å². The van der Waals surface area contributed by atoms with Crippen molar-refractivity contribution in [3.63, 3.8) is 0 Å². The van der Waals surface area contributed by atoms with Gasteiger partial charge in [-0.05, 0) is 37.6 Å². The zero-order valence-electron chi connectivity index (χ0n) is 12.0. The van der Waals surface area contributed by atoms with Crippen molar-refractivity contribution in [3.05, 3.63) is 0 Å². The van der Waals surface area contributed by atoms with Gasteiger partial charge in [0.2, 0.25) is 10.0 Å². The molecule has 5 heteroatoms. The molecule has 108 valence electrons. The van der Waals surface area contributed by atoms with Crippen LogP contribution in [0.25, 0.3) is 0 Å². The first-order chi connectivity index (χ1) is 8.26. The van der Waals surface area contributed by atoms with Crippen LogP contribution in [0, 0.1) is 5.41 Å². The largest absolute Gasteiger partial charge is 0.330 e. The predicted molar refractivity (Wildman–Crippen MR) is 75.9 cm³/mol. The van der Waals surface area contributed by atoms with Gasteiger partial charge < -0.3 is 5.73 Å². The van der Waals surface area contributed by atoms with Crippen molar-refractivity contribution >= 4 is 10.0 Å². The van der Waals surface area contributed by atoms with E-state index in [0.29, 0.717) is 19.5 Å². The van der Waals surface area contributed by atoms with Gasteiger partial charge in [-0.1, -0.05) is 27.2 Å². The molecular weight excluding hydrogens is 248 g/mol. The molecule has 18 heavy (non-hydrogen) atoms. The van der Waals surface area contributed by atoms with Gasteiger partial charge in [0.25, 0.3) is 0 Å². The van der Waals surface area contributed by atoms with Crippen LogP contribution < -0.4 is 5.73 Å². The summed E-state index contributed by atoms with van der Waals surface area (Å²) in [6.07, 6.45) is 4.64. The first-order valence-electron chi connectivity index (χ1n) is 6.96. The van der Waals surface area contributed by atoms with E-state index >= 15 is 0 Å². The lowest BCUT2D eigenvalue weighted by molar-refractivity contribution is 0.217. The quantitative estimate of drug-likeness (QED) is 0.773. The molecule has 0 atom stereocenters. The summed E-state index contributed by atoms with van der Waals surface area (Å²) in [7, 11) is -3.11. The number of hydrogen-bond donors (Lipinski definition) is 1. The summed E-state index contributed by atoms with van der Waals surface area (Å²) in [6, 6.07) is 0.238. The zero-order valence-corrected chi connectivity index (χ0v) is 12.8. The topological polar surface area (TPSA) is 63.4 Å². The van der Waals surface area contributed by atoms with Crippen molar-refractivity contribution < 1.29 is 8.42 Å². The fraction of sp³-hybridized carbons (Fsp3) is 1.00. The lowest BCUT2D eigenvalue weighted by Gasteiger charge is -2.37. The first-order valence-corrected chi connectivity index (χ1v) is 8.57. The minimum atomic E-state index is -3.11. The number of hydrogen-bond acceptors (Lipinski definition) is 3. The Morgan fingerprint density at radius 1 is 1.28 bits per heavy atom. The molecule has 0 heterocycles. The van der Waals surface area contributed by atoms with Crippen LogP contribution in [-0.2, 0) is 10.0 Å². The molecule has 0 aromatic heterocycles. The van der Waals surface area contributed by atoms with Gasteiger partial charge in [-0.3, -0.25) is 0 Å². The second kappa shape index (κ2) is 6.35. The van der Waals surface area contributed by atoms with Crippen molar-refractivity contribution in [1.29, 1.82) is 0 Å². The van der Waals surface area contributed by atoms with Crippen LogP contribution in [0.3, 0.4) is 0 Å². The standard InChI is InChI=1S/C13H28N2O2S/c1-13(2,3)8-11-18(16,17)15(10-5-9-14)12-6-4-7-12/h12H,4-11,14H2,1-3H3. The Morgan fingerprint density at radius 2 is 1.89 bits per heavy atom. The predicted octanol–water partition coefficient (Wildman–Crippen LogP) is 1.96. The molecule has 1 saturated carbocycles. The molecule has 0 bridgehead atoms. The summed E-state index contributed by atoms with van der Waals surface area (Å²) in [5, 5.41) is 0. The van der Waals surface area contributed by atoms with E-state index in [9.17, 15) is 8.42 Å². The van der Waals surface area contributed by atoms with Gasteiger partial charge in [0, 0.05) is 12.6 Å². The van der Waals surface area contributed by atoms with Gasteiger partial charge in [0.15, 0.2) is 0 Å². The number of nitrogens with two attached hydrogens (primary N) is 1. The van der Waals surface area contributed by atoms with E-state index in [0.717, 1.165) is 25.7 Å². The summed E-state index contributed by atoms with van der Waals surface area (Å²) in [6.45, 7) is 7.38. The molecule has 4 nitrogen and oxygen atoms in total. The molecule has 1 fully saturated rings. The van der Waals surface area contributed by atoms with Crippen molar-refractivity contribution in [1.82, 2.24) is 4.31 Å². The van der Waals surface area contributed by atoms with Crippen molar-refractivity contribution in [3.8, 4) is 0 Å². The van der Waals surface area contributed by atoms with E-state index in [1.807, 2.05) is 0 Å². The van der Waals surface area contributed by atoms with Crippen LogP contribution >= 0.6 is 0 Å². The van der Waals surface area contributed by atoms with Gasteiger partial charge in [0.05, 0.1) is 5.75 Å². The third-order valence-electron chi connectivity index (χ3n) is 3.53. The Morgan fingerprint density at radius 3 is 2.28 bits per heavy atom. The smallest absolute Gasteiger partial charge is 0.214 e. The highest BCUT2D eigenvalue weighted by atomic mass is 32.2. The van der Waals surface area contributed by atoms with Crippen molar-refractivity contribution in [2.75, 3.05) is 18.8 Å². The highest BCUT2D eigenvalue weighted by molar-refractivity contribution is 7.89. The Balaban J connectivity index is 2.63. The first kappa shape index (κ1) is 15.9. The molecule has 0 saturated heterocycles. The van der Waals surface area contributed by atoms with E-state index in [1.54, 1.807) is 4.31 Å². The lowest BCUT2D eigenvalue weighted by atomic mass is 9.93. The Kier molecular flexibility index (Phi) is 5.62. The summed E-state index contributed by atoms with van der Waals surface area (Å²) in [5.41, 5.74) is 5.56. The van der Waals surface area contributed by atoms with Gasteiger partial charge >= 0.3 is 0 Å². The average Bonchev–Trinajstić information content (AvgIpc) is 2.17. The molecule has 0 unspecified atom stereocenters. The second-order valence-electron chi connectivity index (χ2n) is 6.46. The number of nitrogens with zero attached hydrogens (tertiary/aromatic N) is 1. The minimum absolute atomic E-state index is 0.0617. The highest BCUT2D eigenvalue weighted by Gasteiger charge is 2.33. The summed E-state index contributed by atoms with van der Waals surface area (Å²) in [4.78, 5) is 0. The van der Waals surface area contributed by atoms with E-state index in [-0.39, 0.29) is 17.2 Å². The molecule has 2 N–H and O–H groups in total. The normalized spacial score (nSPS) is 18.1. The van der Waals surface area contributed by atoms with E-state index in [1.165, 1.54) is 0 Å². The van der Waals surface area contributed by atoms with E-state index in [4.69, 9.17) is 5.73 Å². The van der Waals surface area contributed by atoms with Crippen LogP contribution in [-0.4, -0.2) is 37.6 Å². The molecule has 1 aliphatic rings. The molecule has 0 aromatic carbocycles. The third kappa shape index (κ3) is 4.86. The fourth-order valence-electron chi connectivity index (χ4n) is 2.02. The van der Waals surface area contributed by atoms with Crippen LogP contribution in [0.1, 0.15) is 52.9 Å². The maximum atomic E-state index is 12.4. The monoisotopic (exact) mass is 276 g/mol. The molecule has 0 radical (unpaired) electrons. The number of rotatable bonds is 7. The molecule has 0 aliphatic heterocycles. The molecule has 0 spiro atoms. The summed E-state index contributed by atoms with van der Waals surface area (Å²) >= 11 is 0. The fourth-order valence-corrected chi connectivity index (χ4v) is 4.20.